The molecule has 0 radical (unpaired) electrons. The van der Waals surface area contributed by atoms with E-state index in [4.69, 9.17) is 0 Å². The molecule has 0 bridgehead atoms. The highest BCUT2D eigenvalue weighted by Crippen LogP contribution is 2.27. The number of thiophene rings is 1. The summed E-state index contributed by atoms with van der Waals surface area (Å²) in [4.78, 5) is 28.6. The van der Waals surface area contributed by atoms with E-state index in [-0.39, 0.29) is 5.91 Å². The Morgan fingerprint density at radius 2 is 2.04 bits per heavy atom. The molecule has 1 fully saturated rings. The molecule has 1 N–H and O–H groups in total. The van der Waals surface area contributed by atoms with Crippen LogP contribution in [0.25, 0.3) is 0 Å². The van der Waals surface area contributed by atoms with E-state index in [0.29, 0.717) is 23.3 Å². The number of carbonyl (C=O) groups excluding carboxylic acids is 1. The summed E-state index contributed by atoms with van der Waals surface area (Å²) in [6, 6.07) is 3.26. The van der Waals surface area contributed by atoms with Crippen molar-refractivity contribution < 1.29 is 14.7 Å². The van der Waals surface area contributed by atoms with Gasteiger partial charge < -0.3 is 14.9 Å². The molecule has 1 amide bonds. The smallest absolute Gasteiger partial charge is 0.331 e. The van der Waals surface area contributed by atoms with Crippen molar-refractivity contribution in [1.29, 1.82) is 0 Å². The molecule has 1 aromatic heterocycles. The summed E-state index contributed by atoms with van der Waals surface area (Å²) in [7, 11) is 1.60. The molecule has 2 heterocycles. The number of hydrogen-bond acceptors (Lipinski definition) is 4. The van der Waals surface area contributed by atoms with Crippen molar-refractivity contribution >= 4 is 23.2 Å². The molecule has 0 saturated carbocycles. The normalized spacial score (nSPS) is 18.1. The number of amides is 1. The van der Waals surface area contributed by atoms with E-state index in [9.17, 15) is 14.7 Å². The zero-order chi connectivity index (χ0) is 17.0. The molecule has 1 unspecified atom stereocenters. The molecule has 23 heavy (non-hydrogen) atoms. The van der Waals surface area contributed by atoms with Crippen LogP contribution in [0.1, 0.15) is 44.0 Å². The summed E-state index contributed by atoms with van der Waals surface area (Å²) >= 11 is 1.37. The van der Waals surface area contributed by atoms with Gasteiger partial charge in [0.05, 0.1) is 0 Å². The summed E-state index contributed by atoms with van der Waals surface area (Å²) < 4.78 is 0. The summed E-state index contributed by atoms with van der Waals surface area (Å²) in [5.41, 5.74) is 0. The van der Waals surface area contributed by atoms with Gasteiger partial charge in [-0.25, -0.2) is 4.79 Å². The lowest BCUT2D eigenvalue weighted by molar-refractivity contribution is -0.149. The number of likely N-dealkylation sites (tertiary alicyclic amines) is 1. The zero-order valence-electron chi connectivity index (χ0n) is 14.1. The molecule has 6 heteroatoms. The van der Waals surface area contributed by atoms with E-state index in [2.05, 4.69) is 18.7 Å². The molecular formula is C17H26N2O3S. The van der Waals surface area contributed by atoms with Crippen molar-refractivity contribution in [3.63, 3.8) is 0 Å². The molecule has 1 aromatic rings. The van der Waals surface area contributed by atoms with Gasteiger partial charge in [-0.3, -0.25) is 4.79 Å². The van der Waals surface area contributed by atoms with Crippen LogP contribution >= 0.6 is 11.3 Å². The maximum Gasteiger partial charge on any atom is 0.331 e. The number of rotatable bonds is 6. The van der Waals surface area contributed by atoms with Crippen LogP contribution in [-0.2, 0) is 9.59 Å². The summed E-state index contributed by atoms with van der Waals surface area (Å²) in [6.45, 7) is 6.43. The first kappa shape index (κ1) is 17.9. The van der Waals surface area contributed by atoms with Crippen LogP contribution in [-0.4, -0.2) is 53.0 Å². The Labute approximate surface area is 141 Å². The Kier molecular flexibility index (Phi) is 6.18. The van der Waals surface area contributed by atoms with Gasteiger partial charge in [-0.05, 0) is 57.1 Å². The molecule has 0 aromatic carbocycles. The molecule has 0 aliphatic carbocycles. The molecule has 2 rings (SSSR count). The van der Waals surface area contributed by atoms with Crippen molar-refractivity contribution in [2.24, 2.45) is 5.92 Å². The molecule has 128 valence electrons. The molecule has 0 spiro atoms. The lowest BCUT2D eigenvalue weighted by Crippen LogP contribution is -2.41. The summed E-state index contributed by atoms with van der Waals surface area (Å²) in [6.07, 6.45) is 2.46. The fourth-order valence-corrected chi connectivity index (χ4v) is 3.99. The third kappa shape index (κ3) is 4.54. The second-order valence-corrected chi connectivity index (χ2v) is 7.52. The second kappa shape index (κ2) is 7.93. The minimum absolute atomic E-state index is 0.0752. The number of piperidine rings is 1. The van der Waals surface area contributed by atoms with E-state index >= 15 is 0 Å². The number of likely N-dealkylation sites (N-methyl/N-ethyl adjacent to an activating group) is 1. The van der Waals surface area contributed by atoms with Gasteiger partial charge in [-0.1, -0.05) is 6.07 Å². The topological polar surface area (TPSA) is 60.9 Å². The monoisotopic (exact) mass is 338 g/mol. The largest absolute Gasteiger partial charge is 0.479 e. The Hall–Kier alpha value is -1.40. The lowest BCUT2D eigenvalue weighted by Gasteiger charge is -2.35. The number of nitrogens with zero attached hydrogens (tertiary/aromatic N) is 2. The zero-order valence-corrected chi connectivity index (χ0v) is 14.9. The lowest BCUT2D eigenvalue weighted by atomic mass is 9.92. The van der Waals surface area contributed by atoms with Crippen LogP contribution in [0.3, 0.4) is 0 Å². The minimum Gasteiger partial charge on any atom is -0.479 e. The molecule has 5 nitrogen and oxygen atoms in total. The second-order valence-electron chi connectivity index (χ2n) is 6.54. The van der Waals surface area contributed by atoms with Gasteiger partial charge in [0.1, 0.15) is 0 Å². The Balaban J connectivity index is 1.93. The van der Waals surface area contributed by atoms with Crippen molar-refractivity contribution in [3.8, 4) is 0 Å². The van der Waals surface area contributed by atoms with Gasteiger partial charge in [-0.15, -0.1) is 11.3 Å². The third-order valence-corrected chi connectivity index (χ3v) is 5.59. The highest BCUT2D eigenvalue weighted by Gasteiger charge is 2.31. The van der Waals surface area contributed by atoms with Crippen LogP contribution in [0, 0.1) is 5.92 Å². The van der Waals surface area contributed by atoms with Gasteiger partial charge in [0.25, 0.3) is 0 Å². The Morgan fingerprint density at radius 1 is 1.39 bits per heavy atom. The first-order valence-corrected chi connectivity index (χ1v) is 9.04. The maximum absolute atomic E-state index is 12.5. The fraction of sp³-hybridized carbons (Fsp3) is 0.647. The minimum atomic E-state index is -0.974. The predicted molar refractivity (Wildman–Crippen MR) is 91.5 cm³/mol. The number of carbonyl (C=O) groups is 2. The van der Waals surface area contributed by atoms with Crippen LogP contribution in [0.2, 0.25) is 0 Å². The number of carboxylic acids is 1. The van der Waals surface area contributed by atoms with E-state index in [1.54, 1.807) is 13.1 Å². The van der Waals surface area contributed by atoms with E-state index in [1.165, 1.54) is 16.2 Å². The highest BCUT2D eigenvalue weighted by atomic mass is 32.1. The maximum atomic E-state index is 12.5. The summed E-state index contributed by atoms with van der Waals surface area (Å²) in [5.74, 6) is -0.690. The molecule has 1 atom stereocenters. The van der Waals surface area contributed by atoms with Crippen molar-refractivity contribution in [3.05, 3.63) is 22.4 Å². The van der Waals surface area contributed by atoms with Crippen LogP contribution < -0.4 is 0 Å². The van der Waals surface area contributed by atoms with Gasteiger partial charge in [0.15, 0.2) is 6.04 Å². The van der Waals surface area contributed by atoms with E-state index < -0.39 is 12.0 Å². The van der Waals surface area contributed by atoms with Gasteiger partial charge in [0, 0.05) is 24.4 Å². The number of aliphatic carboxylic acids is 1. The summed E-state index contributed by atoms with van der Waals surface area (Å²) in [5, 5.41) is 11.3. The average Bonchev–Trinajstić information content (AvgIpc) is 3.01. The van der Waals surface area contributed by atoms with Gasteiger partial charge >= 0.3 is 5.97 Å². The third-order valence-electron chi connectivity index (χ3n) is 4.67. The van der Waals surface area contributed by atoms with Gasteiger partial charge in [0.2, 0.25) is 5.91 Å². The number of carboxylic acid groups (broad SMARTS) is 1. The SMILES string of the molecule is CC(C)N1CCC(CC(=O)N(C)C(C(=O)O)c2cccs2)CC1. The number of hydrogen-bond donors (Lipinski definition) is 1. The Morgan fingerprint density at radius 3 is 2.52 bits per heavy atom. The fourth-order valence-electron chi connectivity index (χ4n) is 3.13. The standard InChI is InChI=1S/C17H26N2O3S/c1-12(2)19-8-6-13(7-9-19)11-15(20)18(3)16(17(21)22)14-5-4-10-23-14/h4-5,10,12-13,16H,6-9,11H2,1-3H3,(H,21,22). The Bertz CT molecular complexity index is 522. The molecule has 1 saturated heterocycles. The van der Waals surface area contributed by atoms with Crippen molar-refractivity contribution in [2.45, 2.75) is 45.2 Å². The predicted octanol–water partition coefficient (Wildman–Crippen LogP) is 2.84. The quantitative estimate of drug-likeness (QED) is 0.866. The van der Waals surface area contributed by atoms with Crippen LogP contribution in [0.5, 0.6) is 0 Å². The first-order valence-electron chi connectivity index (χ1n) is 8.16. The van der Waals surface area contributed by atoms with E-state index in [1.807, 2.05) is 11.4 Å². The van der Waals surface area contributed by atoms with Gasteiger partial charge in [-0.2, -0.15) is 0 Å². The van der Waals surface area contributed by atoms with E-state index in [0.717, 1.165) is 25.9 Å². The highest BCUT2D eigenvalue weighted by molar-refractivity contribution is 7.10. The molecule has 1 aliphatic heterocycles. The molecular weight excluding hydrogens is 312 g/mol. The van der Waals surface area contributed by atoms with Crippen LogP contribution in [0.15, 0.2) is 17.5 Å². The average molecular weight is 338 g/mol. The van der Waals surface area contributed by atoms with Crippen LogP contribution in [0.4, 0.5) is 0 Å². The first-order chi connectivity index (χ1) is 10.9. The van der Waals surface area contributed by atoms with Crippen molar-refractivity contribution in [2.75, 3.05) is 20.1 Å². The van der Waals surface area contributed by atoms with Crippen molar-refractivity contribution in [1.82, 2.24) is 9.80 Å². The molecule has 1 aliphatic rings.